The quantitative estimate of drug-likeness (QED) is 0.692. The van der Waals surface area contributed by atoms with Gasteiger partial charge in [0.15, 0.2) is 0 Å². The predicted octanol–water partition coefficient (Wildman–Crippen LogP) is 0.938. The Morgan fingerprint density at radius 2 is 2.31 bits per heavy atom. The lowest BCUT2D eigenvalue weighted by Gasteiger charge is -2.23. The lowest BCUT2D eigenvalue weighted by Crippen LogP contribution is -2.41. The van der Waals surface area contributed by atoms with Gasteiger partial charge in [-0.05, 0) is 25.2 Å². The molecule has 13 heavy (non-hydrogen) atoms. The monoisotopic (exact) mass is 183 g/mol. The zero-order chi connectivity index (χ0) is 9.26. The Bertz CT molecular complexity index is 199. The number of hydrogen-bond acceptors (Lipinski definition) is 2. The van der Waals surface area contributed by atoms with Gasteiger partial charge in [-0.15, -0.1) is 0 Å². The molecule has 3 nitrogen and oxygen atoms in total. The Balaban J connectivity index is 1.73. The molecular formula is C10H17NO2. The topological polar surface area (TPSA) is 38.3 Å². The van der Waals surface area contributed by atoms with Gasteiger partial charge in [0.25, 0.3) is 0 Å². The fraction of sp³-hybridized carbons (Fsp3) is 0.900. The maximum atomic E-state index is 11.5. The molecule has 1 aliphatic heterocycles. The summed E-state index contributed by atoms with van der Waals surface area (Å²) >= 11 is 0. The Hall–Kier alpha value is -0.570. The van der Waals surface area contributed by atoms with E-state index in [1.807, 2.05) is 0 Å². The van der Waals surface area contributed by atoms with E-state index in [4.69, 9.17) is 4.74 Å². The van der Waals surface area contributed by atoms with E-state index in [1.54, 1.807) is 0 Å². The van der Waals surface area contributed by atoms with Crippen molar-refractivity contribution in [3.05, 3.63) is 0 Å². The van der Waals surface area contributed by atoms with Crippen LogP contribution in [0.3, 0.4) is 0 Å². The maximum Gasteiger partial charge on any atom is 0.223 e. The van der Waals surface area contributed by atoms with Gasteiger partial charge in [-0.2, -0.15) is 0 Å². The third-order valence-electron chi connectivity index (χ3n) is 2.95. The first-order valence-electron chi connectivity index (χ1n) is 5.15. The first-order valence-corrected chi connectivity index (χ1v) is 5.15. The van der Waals surface area contributed by atoms with Crippen LogP contribution in [0.1, 0.15) is 26.2 Å². The zero-order valence-electron chi connectivity index (χ0n) is 8.08. The molecule has 3 atom stereocenters. The van der Waals surface area contributed by atoms with Gasteiger partial charge in [0, 0.05) is 12.5 Å². The summed E-state index contributed by atoms with van der Waals surface area (Å²) in [6.45, 7) is 3.68. The number of carbonyl (C=O) groups is 1. The van der Waals surface area contributed by atoms with Crippen LogP contribution in [0.5, 0.6) is 0 Å². The predicted molar refractivity (Wildman–Crippen MR) is 49.3 cm³/mol. The van der Waals surface area contributed by atoms with Crippen molar-refractivity contribution < 1.29 is 9.53 Å². The van der Waals surface area contributed by atoms with Gasteiger partial charge in [0.2, 0.25) is 5.91 Å². The van der Waals surface area contributed by atoms with Crippen molar-refractivity contribution in [2.75, 3.05) is 13.2 Å². The second-order valence-corrected chi connectivity index (χ2v) is 4.24. The highest BCUT2D eigenvalue weighted by Gasteiger charge is 2.39. The Labute approximate surface area is 78.8 Å². The summed E-state index contributed by atoms with van der Waals surface area (Å²) in [7, 11) is 0. The second-order valence-electron chi connectivity index (χ2n) is 4.24. The molecule has 1 saturated heterocycles. The standard InChI is InChI=1S/C10H17NO2/c1-7-5-9(7)10(12)11-8-3-2-4-13-6-8/h7-9H,2-6H2,1H3,(H,11,12)/t7-,8?,9-/m0/s1. The molecule has 1 aliphatic carbocycles. The molecule has 1 heterocycles. The minimum atomic E-state index is 0.239. The van der Waals surface area contributed by atoms with Crippen LogP contribution in [0.15, 0.2) is 0 Å². The molecule has 1 saturated carbocycles. The average Bonchev–Trinajstić information content (AvgIpc) is 2.84. The second kappa shape index (κ2) is 3.66. The van der Waals surface area contributed by atoms with Gasteiger partial charge in [-0.25, -0.2) is 0 Å². The van der Waals surface area contributed by atoms with Crippen molar-refractivity contribution in [3.8, 4) is 0 Å². The van der Waals surface area contributed by atoms with Gasteiger partial charge in [-0.1, -0.05) is 6.92 Å². The number of ether oxygens (including phenoxy) is 1. The highest BCUT2D eigenvalue weighted by Crippen LogP contribution is 2.37. The summed E-state index contributed by atoms with van der Waals surface area (Å²) in [5, 5.41) is 3.05. The first-order chi connectivity index (χ1) is 6.27. The van der Waals surface area contributed by atoms with Crippen molar-refractivity contribution in [2.24, 2.45) is 11.8 Å². The summed E-state index contributed by atoms with van der Waals surface area (Å²) in [6.07, 6.45) is 3.22. The van der Waals surface area contributed by atoms with Gasteiger partial charge >= 0.3 is 0 Å². The van der Waals surface area contributed by atoms with E-state index in [0.717, 1.165) is 25.9 Å². The molecule has 0 radical (unpaired) electrons. The fourth-order valence-corrected chi connectivity index (χ4v) is 1.85. The third kappa shape index (κ3) is 2.21. The molecule has 0 aromatic carbocycles. The Morgan fingerprint density at radius 1 is 1.54 bits per heavy atom. The van der Waals surface area contributed by atoms with E-state index in [0.29, 0.717) is 18.4 Å². The molecule has 0 bridgehead atoms. The summed E-state index contributed by atoms with van der Waals surface area (Å²) in [4.78, 5) is 11.5. The van der Waals surface area contributed by atoms with Gasteiger partial charge < -0.3 is 10.1 Å². The minimum Gasteiger partial charge on any atom is -0.379 e. The molecule has 74 valence electrons. The highest BCUT2D eigenvalue weighted by atomic mass is 16.5. The maximum absolute atomic E-state index is 11.5. The molecule has 2 rings (SSSR count). The molecular weight excluding hydrogens is 166 g/mol. The van der Waals surface area contributed by atoms with Crippen LogP contribution < -0.4 is 5.32 Å². The van der Waals surface area contributed by atoms with Crippen molar-refractivity contribution in [1.29, 1.82) is 0 Å². The SMILES string of the molecule is C[C@H]1C[C@@H]1C(=O)NC1CCCOC1. The molecule has 1 amide bonds. The van der Waals surface area contributed by atoms with E-state index < -0.39 is 0 Å². The minimum absolute atomic E-state index is 0.239. The van der Waals surface area contributed by atoms with Crippen LogP contribution >= 0.6 is 0 Å². The summed E-state index contributed by atoms with van der Waals surface area (Å²) in [5.41, 5.74) is 0. The third-order valence-corrected chi connectivity index (χ3v) is 2.95. The van der Waals surface area contributed by atoms with Gasteiger partial charge in [0.1, 0.15) is 0 Å². The van der Waals surface area contributed by atoms with Crippen LogP contribution in [-0.2, 0) is 9.53 Å². The van der Waals surface area contributed by atoms with E-state index in [1.165, 1.54) is 0 Å². The fourth-order valence-electron chi connectivity index (χ4n) is 1.85. The van der Waals surface area contributed by atoms with E-state index in [9.17, 15) is 4.79 Å². The van der Waals surface area contributed by atoms with E-state index in [2.05, 4.69) is 12.2 Å². The van der Waals surface area contributed by atoms with Crippen LogP contribution in [0.4, 0.5) is 0 Å². The van der Waals surface area contributed by atoms with Crippen LogP contribution in [0, 0.1) is 11.8 Å². The molecule has 0 spiro atoms. The van der Waals surface area contributed by atoms with E-state index >= 15 is 0 Å². The smallest absolute Gasteiger partial charge is 0.223 e. The molecule has 2 fully saturated rings. The van der Waals surface area contributed by atoms with Crippen molar-refractivity contribution in [3.63, 3.8) is 0 Å². The summed E-state index contributed by atoms with van der Waals surface area (Å²) in [5.74, 6) is 1.13. The van der Waals surface area contributed by atoms with Crippen LogP contribution in [-0.4, -0.2) is 25.2 Å². The van der Waals surface area contributed by atoms with Crippen molar-refractivity contribution in [2.45, 2.75) is 32.2 Å². The highest BCUT2D eigenvalue weighted by molar-refractivity contribution is 5.81. The zero-order valence-corrected chi connectivity index (χ0v) is 8.08. The summed E-state index contributed by atoms with van der Waals surface area (Å²) in [6, 6.07) is 0.272. The Kier molecular flexibility index (Phi) is 2.54. The molecule has 0 aromatic heterocycles. The average molecular weight is 183 g/mol. The van der Waals surface area contributed by atoms with E-state index in [-0.39, 0.29) is 11.9 Å². The molecule has 3 heteroatoms. The molecule has 1 unspecified atom stereocenters. The number of rotatable bonds is 2. The number of carbonyl (C=O) groups excluding carboxylic acids is 1. The largest absolute Gasteiger partial charge is 0.379 e. The number of nitrogens with one attached hydrogen (secondary N) is 1. The van der Waals surface area contributed by atoms with Crippen molar-refractivity contribution in [1.82, 2.24) is 5.32 Å². The lowest BCUT2D eigenvalue weighted by molar-refractivity contribution is -0.124. The summed E-state index contributed by atoms with van der Waals surface area (Å²) < 4.78 is 5.30. The van der Waals surface area contributed by atoms with Crippen molar-refractivity contribution >= 4 is 5.91 Å². The number of amides is 1. The molecule has 1 N–H and O–H groups in total. The normalized spacial score (nSPS) is 38.4. The lowest BCUT2D eigenvalue weighted by atomic mass is 10.1. The van der Waals surface area contributed by atoms with Crippen LogP contribution in [0.25, 0.3) is 0 Å². The van der Waals surface area contributed by atoms with Gasteiger partial charge in [-0.3, -0.25) is 4.79 Å². The molecule has 2 aliphatic rings. The Morgan fingerprint density at radius 3 is 2.85 bits per heavy atom. The van der Waals surface area contributed by atoms with Gasteiger partial charge in [0.05, 0.1) is 12.6 Å². The molecule has 0 aromatic rings. The first kappa shape index (κ1) is 9.00. The van der Waals surface area contributed by atoms with Crippen LogP contribution in [0.2, 0.25) is 0 Å². The number of hydrogen-bond donors (Lipinski definition) is 1.